The molecule has 0 spiro atoms. The van der Waals surface area contributed by atoms with Gasteiger partial charge in [0.05, 0.1) is 17.7 Å². The minimum absolute atomic E-state index is 0.200. The van der Waals surface area contributed by atoms with Crippen molar-refractivity contribution in [3.63, 3.8) is 0 Å². The Morgan fingerprint density at radius 3 is 2.48 bits per heavy atom. The number of rotatable bonds is 9. The van der Waals surface area contributed by atoms with Crippen molar-refractivity contribution in [2.75, 3.05) is 27.2 Å². The molecule has 1 heterocycles. The van der Waals surface area contributed by atoms with Gasteiger partial charge in [0, 0.05) is 38.5 Å². The van der Waals surface area contributed by atoms with Crippen molar-refractivity contribution in [2.45, 2.75) is 12.8 Å². The molecule has 2 amide bonds. The lowest BCUT2D eigenvalue weighted by atomic mass is 9.99. The highest BCUT2D eigenvalue weighted by molar-refractivity contribution is 6.26. The van der Waals surface area contributed by atoms with Crippen LogP contribution in [0.1, 0.15) is 43.9 Å². The van der Waals surface area contributed by atoms with Gasteiger partial charge in [-0.05, 0) is 31.0 Å². The third-order valence-electron chi connectivity index (χ3n) is 4.58. The van der Waals surface area contributed by atoms with E-state index < -0.39 is 5.91 Å². The molecule has 0 atom stereocenters. The average molecular weight is 392 g/mol. The molecule has 29 heavy (non-hydrogen) atoms. The van der Waals surface area contributed by atoms with Crippen LogP contribution in [0.3, 0.4) is 0 Å². The molecule has 0 aliphatic carbocycles. The van der Waals surface area contributed by atoms with Crippen LogP contribution in [0.25, 0.3) is 0 Å². The van der Waals surface area contributed by atoms with Crippen LogP contribution in [-0.4, -0.2) is 54.6 Å². The van der Waals surface area contributed by atoms with Crippen molar-refractivity contribution in [1.29, 1.82) is 0 Å². The summed E-state index contributed by atoms with van der Waals surface area (Å²) in [5.74, 6) is -0.256. The second-order valence-electron chi connectivity index (χ2n) is 7.00. The molecule has 0 unspecified atom stereocenters. The van der Waals surface area contributed by atoms with E-state index in [2.05, 4.69) is 0 Å². The average Bonchev–Trinajstić information content (AvgIpc) is 2.97. The quantitative estimate of drug-likeness (QED) is 0.283. The Balaban J connectivity index is 1.62. The van der Waals surface area contributed by atoms with Gasteiger partial charge in [-0.3, -0.25) is 19.3 Å². The van der Waals surface area contributed by atoms with Gasteiger partial charge in [0.25, 0.3) is 11.8 Å². The Labute approximate surface area is 170 Å². The summed E-state index contributed by atoms with van der Waals surface area (Å²) in [6, 6.07) is 14.3. The van der Waals surface area contributed by atoms with Gasteiger partial charge in [-0.25, -0.2) is 0 Å². The fourth-order valence-corrected chi connectivity index (χ4v) is 3.13. The molecule has 0 bridgehead atoms. The highest BCUT2D eigenvalue weighted by atomic mass is 16.5. The number of hydrogen-bond donors (Lipinski definition) is 0. The molecule has 0 radical (unpaired) electrons. The van der Waals surface area contributed by atoms with Crippen LogP contribution < -0.4 is 4.74 Å². The number of amides is 2. The lowest BCUT2D eigenvalue weighted by molar-refractivity contribution is 0.0648. The third-order valence-corrected chi connectivity index (χ3v) is 4.58. The fraction of sp³-hybridized carbons (Fsp3) is 0.261. The number of imide groups is 1. The predicted octanol–water partition coefficient (Wildman–Crippen LogP) is 3.40. The number of ketones is 1. The van der Waals surface area contributed by atoms with Gasteiger partial charge in [-0.1, -0.05) is 30.3 Å². The van der Waals surface area contributed by atoms with Crippen LogP contribution >= 0.6 is 0 Å². The lowest BCUT2D eigenvalue weighted by Crippen LogP contribution is -2.31. The Hall–Kier alpha value is -3.41. The summed E-state index contributed by atoms with van der Waals surface area (Å²) in [5.41, 5.74) is 0.750. The maximum Gasteiger partial charge on any atom is 0.262 e. The molecule has 0 fully saturated rings. The maximum absolute atomic E-state index is 12.8. The number of carbonyl (C=O) groups is 3. The summed E-state index contributed by atoms with van der Waals surface area (Å²) < 4.78 is 5.64. The molecular formula is C23H24N2O4. The second-order valence-corrected chi connectivity index (χ2v) is 7.00. The van der Waals surface area contributed by atoms with Crippen molar-refractivity contribution < 1.29 is 19.1 Å². The Kier molecular flexibility index (Phi) is 6.44. The van der Waals surface area contributed by atoms with Gasteiger partial charge in [-0.15, -0.1) is 0 Å². The third kappa shape index (κ3) is 4.71. The first-order valence-corrected chi connectivity index (χ1v) is 9.55. The molecule has 1 aliphatic rings. The number of fused-ring (bicyclic) bond motifs is 1. The monoisotopic (exact) mass is 392 g/mol. The van der Waals surface area contributed by atoms with Crippen LogP contribution in [0, 0.1) is 0 Å². The molecule has 6 heteroatoms. The number of para-hydroxylation sites is 1. The zero-order valence-electron chi connectivity index (χ0n) is 16.6. The summed E-state index contributed by atoms with van der Waals surface area (Å²) >= 11 is 0. The molecule has 150 valence electrons. The van der Waals surface area contributed by atoms with Crippen molar-refractivity contribution in [2.24, 2.45) is 0 Å². The highest BCUT2D eigenvalue weighted by Crippen LogP contribution is 2.27. The summed E-state index contributed by atoms with van der Waals surface area (Å²) in [6.07, 6.45) is 4.35. The number of carbonyl (C=O) groups excluding carboxylic acids is 3. The molecule has 0 saturated heterocycles. The van der Waals surface area contributed by atoms with Crippen LogP contribution in [-0.2, 0) is 0 Å². The van der Waals surface area contributed by atoms with E-state index in [1.807, 2.05) is 30.3 Å². The van der Waals surface area contributed by atoms with Gasteiger partial charge in [0.2, 0.25) is 0 Å². The van der Waals surface area contributed by atoms with Gasteiger partial charge in [-0.2, -0.15) is 0 Å². The van der Waals surface area contributed by atoms with Crippen molar-refractivity contribution in [1.82, 2.24) is 9.80 Å². The van der Waals surface area contributed by atoms with E-state index in [1.165, 1.54) is 11.0 Å². The molecular weight excluding hydrogens is 368 g/mol. The Bertz CT molecular complexity index is 935. The van der Waals surface area contributed by atoms with E-state index in [0.29, 0.717) is 31.6 Å². The smallest absolute Gasteiger partial charge is 0.262 e. The van der Waals surface area contributed by atoms with Crippen LogP contribution in [0.4, 0.5) is 0 Å². The molecule has 0 N–H and O–H groups in total. The molecule has 0 aromatic heterocycles. The molecule has 1 aliphatic heterocycles. The first-order chi connectivity index (χ1) is 14.0. The first kappa shape index (κ1) is 20.3. The van der Waals surface area contributed by atoms with E-state index in [1.54, 1.807) is 43.4 Å². The number of ether oxygens (including phenoxy) is 1. The van der Waals surface area contributed by atoms with Crippen molar-refractivity contribution >= 4 is 17.6 Å². The summed E-state index contributed by atoms with van der Waals surface area (Å²) in [7, 11) is 3.61. The minimum atomic E-state index is -0.406. The molecule has 2 aromatic rings. The molecule has 6 nitrogen and oxygen atoms in total. The van der Waals surface area contributed by atoms with Gasteiger partial charge in [0.15, 0.2) is 5.78 Å². The zero-order chi connectivity index (χ0) is 20.8. The van der Waals surface area contributed by atoms with Crippen molar-refractivity contribution in [3.8, 4) is 5.75 Å². The van der Waals surface area contributed by atoms with Crippen LogP contribution in [0.5, 0.6) is 5.75 Å². The summed E-state index contributed by atoms with van der Waals surface area (Å²) in [6.45, 7) is 0.803. The fourth-order valence-electron chi connectivity index (χ4n) is 3.13. The van der Waals surface area contributed by atoms with E-state index in [-0.39, 0.29) is 22.8 Å². The van der Waals surface area contributed by atoms with E-state index >= 15 is 0 Å². The number of allylic oxidation sites excluding steroid dienone is 1. The lowest BCUT2D eigenvalue weighted by Gasteiger charge is -2.14. The first-order valence-electron chi connectivity index (χ1n) is 9.55. The largest absolute Gasteiger partial charge is 0.494 e. The number of nitrogens with zero attached hydrogens (tertiary/aromatic N) is 2. The Morgan fingerprint density at radius 2 is 1.76 bits per heavy atom. The predicted molar refractivity (Wildman–Crippen MR) is 110 cm³/mol. The summed E-state index contributed by atoms with van der Waals surface area (Å²) in [5, 5.41) is 0. The highest BCUT2D eigenvalue weighted by Gasteiger charge is 2.37. The zero-order valence-corrected chi connectivity index (χ0v) is 16.6. The van der Waals surface area contributed by atoms with E-state index in [9.17, 15) is 14.4 Å². The normalized spacial score (nSPS) is 13.1. The number of hydrogen-bond acceptors (Lipinski definition) is 5. The standard InChI is InChI=1S/C23H24N2O4/c1-24(2)15-13-20(26)18-11-8-12-19-21(18)23(28)25(22(19)27)14-6-7-16-29-17-9-4-3-5-10-17/h3-5,8-13,15H,6-7,14,16H2,1-2H3. The van der Waals surface area contributed by atoms with Gasteiger partial charge < -0.3 is 9.64 Å². The van der Waals surface area contributed by atoms with Crippen molar-refractivity contribution in [3.05, 3.63) is 77.5 Å². The summed E-state index contributed by atoms with van der Waals surface area (Å²) in [4.78, 5) is 41.0. The van der Waals surface area contributed by atoms with E-state index in [4.69, 9.17) is 4.74 Å². The molecule has 0 saturated carbocycles. The maximum atomic E-state index is 12.8. The Morgan fingerprint density at radius 1 is 1.00 bits per heavy atom. The number of benzene rings is 2. The SMILES string of the molecule is CN(C)C=CC(=O)c1cccc2c1C(=O)N(CCCCOc1ccccc1)C2=O. The van der Waals surface area contributed by atoms with E-state index in [0.717, 1.165) is 5.75 Å². The molecule has 3 rings (SSSR count). The molecule has 2 aromatic carbocycles. The van der Waals surface area contributed by atoms with Crippen LogP contribution in [0.2, 0.25) is 0 Å². The number of unbranched alkanes of at least 4 members (excludes halogenated alkanes) is 1. The van der Waals surface area contributed by atoms with Crippen LogP contribution in [0.15, 0.2) is 60.8 Å². The van der Waals surface area contributed by atoms with Gasteiger partial charge >= 0.3 is 0 Å². The second kappa shape index (κ2) is 9.19. The van der Waals surface area contributed by atoms with Gasteiger partial charge in [0.1, 0.15) is 5.75 Å². The minimum Gasteiger partial charge on any atom is -0.494 e. The topological polar surface area (TPSA) is 66.9 Å².